The first kappa shape index (κ1) is 38.1. The Morgan fingerprint density at radius 3 is 2.00 bits per heavy atom. The number of hydrogen-bond donors (Lipinski definition) is 2. The Bertz CT molecular complexity index is 1110. The summed E-state index contributed by atoms with van der Waals surface area (Å²) in [6.07, 6.45) is 15.8. The van der Waals surface area contributed by atoms with Crippen LogP contribution in [0.2, 0.25) is 0 Å². The van der Waals surface area contributed by atoms with Crippen LogP contribution in [0.1, 0.15) is 99.3 Å². The van der Waals surface area contributed by atoms with Gasteiger partial charge in [0.25, 0.3) is 0 Å². The maximum atomic E-state index is 4.01. The Hall–Kier alpha value is -3.00. The van der Waals surface area contributed by atoms with Gasteiger partial charge in [0.05, 0.1) is 0 Å². The van der Waals surface area contributed by atoms with E-state index in [1.54, 1.807) is 6.08 Å². The highest BCUT2D eigenvalue weighted by molar-refractivity contribution is 5.43. The number of aryl methyl sites for hydroxylation is 1. The topological polar surface area (TPSA) is 27.8 Å². The lowest BCUT2D eigenvalue weighted by atomic mass is 10.0. The van der Waals surface area contributed by atoms with Crippen LogP contribution in [0.4, 0.5) is 0 Å². The second-order valence-corrected chi connectivity index (χ2v) is 10.6. The van der Waals surface area contributed by atoms with Crippen LogP contribution in [0.25, 0.3) is 12.2 Å². The second-order valence-electron chi connectivity index (χ2n) is 10.6. The molecule has 0 bridgehead atoms. The lowest BCUT2D eigenvalue weighted by Gasteiger charge is -2.14. The minimum Gasteiger partial charge on any atom is -0.389 e. The van der Waals surface area contributed by atoms with E-state index in [0.717, 1.165) is 41.9 Å². The smallest absolute Gasteiger partial charge is 0.0385 e. The van der Waals surface area contributed by atoms with Gasteiger partial charge in [0.15, 0.2) is 0 Å². The van der Waals surface area contributed by atoms with Crippen LogP contribution in [-0.2, 0) is 6.42 Å². The average Bonchev–Trinajstić information content (AvgIpc) is 3.17. The molecule has 0 fully saturated rings. The first-order chi connectivity index (χ1) is 18.3. The van der Waals surface area contributed by atoms with Gasteiger partial charge in [-0.1, -0.05) is 108 Å². The summed E-state index contributed by atoms with van der Waals surface area (Å²) in [5, 5.41) is 5.66. The fraction of sp³-hybridized carbons (Fsp3) is 0.459. The van der Waals surface area contributed by atoms with E-state index in [2.05, 4.69) is 104 Å². The van der Waals surface area contributed by atoms with Crippen molar-refractivity contribution in [3.63, 3.8) is 0 Å². The molecule has 0 aromatic carbocycles. The van der Waals surface area contributed by atoms with E-state index >= 15 is 0 Å². The van der Waals surface area contributed by atoms with Gasteiger partial charge < -0.3 is 10.3 Å². The summed E-state index contributed by atoms with van der Waals surface area (Å²) < 4.78 is 0. The van der Waals surface area contributed by atoms with Crippen molar-refractivity contribution >= 4 is 12.2 Å². The number of nitrogens with one attached hydrogen (secondary N) is 2. The van der Waals surface area contributed by atoms with Crippen LogP contribution in [0, 0.1) is 12.8 Å². The van der Waals surface area contributed by atoms with Crippen molar-refractivity contribution in [2.75, 3.05) is 6.54 Å². The third-order valence-corrected chi connectivity index (χ3v) is 6.47. The van der Waals surface area contributed by atoms with Crippen molar-refractivity contribution in [1.29, 1.82) is 0 Å². The fourth-order valence-electron chi connectivity index (χ4n) is 4.19. The summed E-state index contributed by atoms with van der Waals surface area (Å²) >= 11 is 0. The van der Waals surface area contributed by atoms with Crippen LogP contribution in [0.3, 0.4) is 0 Å². The third-order valence-electron chi connectivity index (χ3n) is 6.47. The molecule has 0 spiro atoms. The number of H-pyrrole nitrogens is 1. The lowest BCUT2D eigenvalue weighted by Crippen LogP contribution is -2.23. The number of aromatic nitrogens is 1. The predicted molar refractivity (Wildman–Crippen MR) is 181 cm³/mol. The highest BCUT2D eigenvalue weighted by Crippen LogP contribution is 2.16. The van der Waals surface area contributed by atoms with Gasteiger partial charge in [-0.15, -0.1) is 0 Å². The van der Waals surface area contributed by atoms with Crippen molar-refractivity contribution in [2.45, 2.75) is 101 Å². The molecule has 218 valence electrons. The molecule has 1 rings (SSSR count). The maximum Gasteiger partial charge on any atom is 0.0385 e. The van der Waals surface area contributed by atoms with E-state index < -0.39 is 0 Å². The van der Waals surface area contributed by atoms with Crippen molar-refractivity contribution in [3.8, 4) is 0 Å². The van der Waals surface area contributed by atoms with E-state index in [1.807, 2.05) is 32.9 Å². The van der Waals surface area contributed by atoms with E-state index in [9.17, 15) is 0 Å². The van der Waals surface area contributed by atoms with E-state index in [1.165, 1.54) is 58.0 Å². The third kappa shape index (κ3) is 17.3. The number of aromatic amines is 1. The fourth-order valence-corrected chi connectivity index (χ4v) is 4.19. The van der Waals surface area contributed by atoms with Gasteiger partial charge in [-0.25, -0.2) is 0 Å². The Balaban J connectivity index is 0. The monoisotopic (exact) mass is 532 g/mol. The second kappa shape index (κ2) is 21.9. The zero-order valence-electron chi connectivity index (χ0n) is 27.2. The number of rotatable bonds is 13. The molecule has 39 heavy (non-hydrogen) atoms. The molecule has 1 heterocycles. The first-order valence-corrected chi connectivity index (χ1v) is 14.5. The molecule has 0 aliphatic rings. The zero-order chi connectivity index (χ0) is 30.5. The number of allylic oxidation sites excluding steroid dienone is 10. The SMILES string of the molecule is C=C(C)NCC(CC)CCC.C=C/C=C\C(=C)/C(C)=C\C(=C/C)CC(=C)C.C=c1[nH]c(CC)c(C)c1=C(C)C. The highest BCUT2D eigenvalue weighted by atomic mass is 14.9. The maximum absolute atomic E-state index is 4.01. The summed E-state index contributed by atoms with van der Waals surface area (Å²) in [5.74, 6) is 0.830. The van der Waals surface area contributed by atoms with Crippen LogP contribution in [0.15, 0.2) is 84.7 Å². The molecular weight excluding hydrogens is 472 g/mol. The van der Waals surface area contributed by atoms with Crippen molar-refractivity contribution in [2.24, 2.45) is 5.92 Å². The van der Waals surface area contributed by atoms with Crippen LogP contribution in [-0.4, -0.2) is 11.5 Å². The molecule has 0 amide bonds. The van der Waals surface area contributed by atoms with Gasteiger partial charge in [-0.2, -0.15) is 0 Å². The predicted octanol–water partition coefficient (Wildman–Crippen LogP) is 9.57. The van der Waals surface area contributed by atoms with E-state index in [4.69, 9.17) is 0 Å². The summed E-state index contributed by atoms with van der Waals surface area (Å²) in [6, 6.07) is 0. The van der Waals surface area contributed by atoms with Gasteiger partial charge in [-0.05, 0) is 95.9 Å². The highest BCUT2D eigenvalue weighted by Gasteiger charge is 2.03. The van der Waals surface area contributed by atoms with E-state index in [-0.39, 0.29) is 0 Å². The molecule has 0 aliphatic heterocycles. The quantitative estimate of drug-likeness (QED) is 0.192. The van der Waals surface area contributed by atoms with Gasteiger partial charge in [0.1, 0.15) is 0 Å². The summed E-state index contributed by atoms with van der Waals surface area (Å²) in [6.45, 7) is 41.7. The molecule has 2 heteroatoms. The van der Waals surface area contributed by atoms with Crippen molar-refractivity contribution in [3.05, 3.63) is 107 Å². The molecule has 0 radical (unpaired) electrons. The molecule has 1 aromatic heterocycles. The molecule has 1 aromatic rings. The molecule has 1 atom stereocenters. The largest absolute Gasteiger partial charge is 0.389 e. The van der Waals surface area contributed by atoms with Gasteiger partial charge >= 0.3 is 0 Å². The lowest BCUT2D eigenvalue weighted by molar-refractivity contribution is 0.447. The summed E-state index contributed by atoms with van der Waals surface area (Å²) in [4.78, 5) is 3.31. The molecule has 0 saturated heterocycles. The zero-order valence-corrected chi connectivity index (χ0v) is 27.2. The van der Waals surface area contributed by atoms with Crippen molar-refractivity contribution < 1.29 is 0 Å². The Morgan fingerprint density at radius 2 is 1.64 bits per heavy atom. The van der Waals surface area contributed by atoms with Gasteiger partial charge in [-0.3, -0.25) is 0 Å². The van der Waals surface area contributed by atoms with Crippen molar-refractivity contribution in [1.82, 2.24) is 10.3 Å². The Labute approximate surface area is 242 Å². The summed E-state index contributed by atoms with van der Waals surface area (Å²) in [7, 11) is 0. The minimum atomic E-state index is 0.830. The van der Waals surface area contributed by atoms with Crippen LogP contribution < -0.4 is 15.9 Å². The first-order valence-electron chi connectivity index (χ1n) is 14.5. The minimum absolute atomic E-state index is 0.830. The summed E-state index contributed by atoms with van der Waals surface area (Å²) in [5.41, 5.74) is 9.74. The van der Waals surface area contributed by atoms with Crippen LogP contribution >= 0.6 is 0 Å². The molecule has 1 unspecified atom stereocenters. The molecule has 0 saturated carbocycles. The molecule has 0 aliphatic carbocycles. The van der Waals surface area contributed by atoms with Crippen LogP contribution in [0.5, 0.6) is 0 Å². The standard InChI is InChI=1S/C16H22.C11H17N.C10H21N/c1-7-9-10-14(5)15(6)12-16(8-2)11-13(3)4;1-6-10-8(4)11(7(2)3)9(5)12-10;1-5-7-10(6-2)8-11-9(3)4/h7-10,12H,1,3,5,11H2,2,4,6H3;12H,5-6H2,1-4H3;10-11H,3,5-8H2,1-2,4H3/b10-9-,15-12-,16-8-;;. The number of hydrogen-bond acceptors (Lipinski definition) is 1. The molecule has 2 nitrogen and oxygen atoms in total. The average molecular weight is 533 g/mol. The van der Waals surface area contributed by atoms with Gasteiger partial charge in [0, 0.05) is 28.5 Å². The Kier molecular flexibility index (Phi) is 21.4. The molecule has 2 N–H and O–H groups in total. The van der Waals surface area contributed by atoms with Gasteiger partial charge in [0.2, 0.25) is 0 Å². The van der Waals surface area contributed by atoms with E-state index in [0.29, 0.717) is 0 Å². The normalized spacial score (nSPS) is 12.1. The Morgan fingerprint density at radius 1 is 1.03 bits per heavy atom. The molecular formula is C37H60N2.